The first-order valence-corrected chi connectivity index (χ1v) is 10.8. The van der Waals surface area contributed by atoms with E-state index in [9.17, 15) is 18.4 Å². The molecule has 0 unspecified atom stereocenters. The maximum atomic E-state index is 13.6. The lowest BCUT2D eigenvalue weighted by atomic mass is 9.90. The van der Waals surface area contributed by atoms with Gasteiger partial charge in [-0.25, -0.2) is 23.1 Å². The van der Waals surface area contributed by atoms with E-state index < -0.39 is 34.9 Å². The number of pyridine rings is 1. The van der Waals surface area contributed by atoms with E-state index in [1.807, 2.05) is 0 Å². The second kappa shape index (κ2) is 9.17. The van der Waals surface area contributed by atoms with Gasteiger partial charge in [0, 0.05) is 12.3 Å². The van der Waals surface area contributed by atoms with Gasteiger partial charge >= 0.3 is 5.76 Å². The molecule has 2 aromatic carbocycles. The lowest BCUT2D eigenvalue weighted by molar-refractivity contribution is 0.321. The zero-order valence-corrected chi connectivity index (χ0v) is 19.0. The van der Waals surface area contributed by atoms with Crippen LogP contribution in [-0.4, -0.2) is 26.8 Å². The molecule has 0 aliphatic carbocycles. The first-order valence-electron chi connectivity index (χ1n) is 10.8. The molecule has 0 saturated heterocycles. The Morgan fingerprint density at radius 3 is 2.14 bits per heavy atom. The average Bonchev–Trinajstić information content (AvgIpc) is 3.36. The predicted octanol–water partition coefficient (Wildman–Crippen LogP) is 3.81. The van der Waals surface area contributed by atoms with E-state index in [1.54, 1.807) is 24.3 Å². The van der Waals surface area contributed by atoms with Gasteiger partial charge in [-0.1, -0.05) is 29.4 Å². The Morgan fingerprint density at radius 2 is 1.56 bits per heavy atom. The highest BCUT2D eigenvalue weighted by Gasteiger charge is 2.27. The lowest BCUT2D eigenvalue weighted by Gasteiger charge is -2.14. The third kappa shape index (κ3) is 4.04. The quantitative estimate of drug-likeness (QED) is 0.352. The number of fused-ring (bicyclic) bond motifs is 1. The molecule has 3 aromatic heterocycles. The smallest absolute Gasteiger partial charge is 0.423 e. The van der Waals surface area contributed by atoms with E-state index in [-0.39, 0.29) is 28.6 Å². The second-order valence-corrected chi connectivity index (χ2v) is 7.94. The predicted molar refractivity (Wildman–Crippen MR) is 123 cm³/mol. The molecule has 3 heterocycles. The number of halogens is 2. The molecule has 0 N–H and O–H groups in total. The average molecular weight is 492 g/mol. The minimum atomic E-state index is -1.01. The van der Waals surface area contributed by atoms with Gasteiger partial charge in [0.05, 0.1) is 13.0 Å². The molecule has 0 aliphatic rings. The summed E-state index contributed by atoms with van der Waals surface area (Å²) in [5, 5.41) is 4.05. The van der Waals surface area contributed by atoms with Crippen molar-refractivity contribution in [3.63, 3.8) is 0 Å². The van der Waals surface area contributed by atoms with E-state index in [4.69, 9.17) is 13.7 Å². The Hall–Kier alpha value is -4.67. The number of nitrogens with zero attached hydrogens (tertiary/aromatic N) is 4. The Bertz CT molecular complexity index is 1610. The van der Waals surface area contributed by atoms with Crippen LogP contribution < -0.4 is 16.1 Å². The van der Waals surface area contributed by atoms with Gasteiger partial charge in [0.25, 0.3) is 5.56 Å². The van der Waals surface area contributed by atoms with Gasteiger partial charge in [-0.2, -0.15) is 4.98 Å². The Kier molecular flexibility index (Phi) is 5.88. The van der Waals surface area contributed by atoms with Crippen molar-refractivity contribution < 1.29 is 22.5 Å². The fourth-order valence-corrected chi connectivity index (χ4v) is 3.96. The maximum Gasteiger partial charge on any atom is 0.423 e. The van der Waals surface area contributed by atoms with Crippen LogP contribution in [0, 0.1) is 11.6 Å². The van der Waals surface area contributed by atoms with Crippen molar-refractivity contribution in [3.05, 3.63) is 116 Å². The van der Waals surface area contributed by atoms with Crippen LogP contribution in [0.2, 0.25) is 0 Å². The van der Waals surface area contributed by atoms with E-state index >= 15 is 0 Å². The molecule has 5 rings (SSSR count). The van der Waals surface area contributed by atoms with Crippen molar-refractivity contribution in [1.82, 2.24) is 19.7 Å². The van der Waals surface area contributed by atoms with Gasteiger partial charge in [0.15, 0.2) is 17.1 Å². The highest BCUT2D eigenvalue weighted by Crippen LogP contribution is 2.31. The summed E-state index contributed by atoms with van der Waals surface area (Å²) in [5.41, 5.74) is 0.359. The van der Waals surface area contributed by atoms with Crippen molar-refractivity contribution in [2.24, 2.45) is 0 Å². The molecule has 36 heavy (non-hydrogen) atoms. The molecule has 5 aromatic rings. The number of hydrogen-bond acceptors (Lipinski definition) is 8. The minimum absolute atomic E-state index is 0.0455. The molecule has 1 atom stereocenters. The van der Waals surface area contributed by atoms with Gasteiger partial charge in [0.1, 0.15) is 17.7 Å². The molecule has 0 saturated carbocycles. The van der Waals surface area contributed by atoms with Crippen LogP contribution >= 0.6 is 0 Å². The maximum absolute atomic E-state index is 13.6. The Balaban J connectivity index is 1.59. The number of hydrogen-bond donors (Lipinski definition) is 0. The van der Waals surface area contributed by atoms with Gasteiger partial charge in [-0.05, 0) is 42.3 Å². The summed E-state index contributed by atoms with van der Waals surface area (Å²) in [5.74, 6) is -2.12. The lowest BCUT2D eigenvalue weighted by Crippen LogP contribution is -2.36. The first-order chi connectivity index (χ1) is 17.4. The van der Waals surface area contributed by atoms with Crippen molar-refractivity contribution in [3.8, 4) is 5.75 Å². The molecule has 9 nitrogen and oxygen atoms in total. The summed E-state index contributed by atoms with van der Waals surface area (Å²) in [4.78, 5) is 34.3. The first kappa shape index (κ1) is 23.1. The summed E-state index contributed by atoms with van der Waals surface area (Å²) in [6, 6.07) is 11.9. The SMILES string of the molecule is COc1ccnc2c(=O)n([C@@H](C)c3nc(C(c4ccc(F)cc4)c4ccc(F)cc4)no3)c(=O)oc12. The van der Waals surface area contributed by atoms with Gasteiger partial charge in [-0.15, -0.1) is 0 Å². The minimum Gasteiger partial charge on any atom is -0.493 e. The fraction of sp³-hybridized carbons (Fsp3) is 0.160. The van der Waals surface area contributed by atoms with Crippen LogP contribution in [-0.2, 0) is 0 Å². The molecular weight excluding hydrogens is 474 g/mol. The Labute approximate surface area is 201 Å². The molecule has 182 valence electrons. The number of rotatable bonds is 6. The van der Waals surface area contributed by atoms with E-state index in [2.05, 4.69) is 15.1 Å². The molecule has 0 amide bonds. The molecular formula is C25H18F2N4O5. The number of aromatic nitrogens is 4. The van der Waals surface area contributed by atoms with Gasteiger partial charge in [0.2, 0.25) is 11.5 Å². The number of methoxy groups -OCH3 is 1. The van der Waals surface area contributed by atoms with E-state index in [0.717, 1.165) is 4.57 Å². The largest absolute Gasteiger partial charge is 0.493 e. The molecule has 0 bridgehead atoms. The third-order valence-electron chi connectivity index (χ3n) is 5.76. The van der Waals surface area contributed by atoms with Gasteiger partial charge < -0.3 is 13.7 Å². The van der Waals surface area contributed by atoms with Crippen LogP contribution in [0.25, 0.3) is 11.1 Å². The summed E-state index contributed by atoms with van der Waals surface area (Å²) >= 11 is 0. The molecule has 0 fully saturated rings. The second-order valence-electron chi connectivity index (χ2n) is 7.94. The van der Waals surface area contributed by atoms with Crippen molar-refractivity contribution in [2.45, 2.75) is 18.9 Å². The molecule has 11 heteroatoms. The summed E-state index contributed by atoms with van der Waals surface area (Å²) < 4.78 is 43.8. The normalized spacial score (nSPS) is 12.2. The Morgan fingerprint density at radius 1 is 0.944 bits per heavy atom. The number of benzene rings is 2. The third-order valence-corrected chi connectivity index (χ3v) is 5.76. The van der Waals surface area contributed by atoms with Crippen molar-refractivity contribution in [1.29, 1.82) is 0 Å². The van der Waals surface area contributed by atoms with E-state index in [0.29, 0.717) is 11.1 Å². The van der Waals surface area contributed by atoms with Crippen LogP contribution in [0.1, 0.15) is 41.7 Å². The topological polar surface area (TPSA) is 113 Å². The summed E-state index contributed by atoms with van der Waals surface area (Å²) in [6.07, 6.45) is 1.36. The van der Waals surface area contributed by atoms with Crippen LogP contribution in [0.3, 0.4) is 0 Å². The van der Waals surface area contributed by atoms with Crippen LogP contribution in [0.15, 0.2) is 79.3 Å². The molecule has 0 radical (unpaired) electrons. The zero-order chi connectivity index (χ0) is 25.4. The highest BCUT2D eigenvalue weighted by atomic mass is 19.1. The van der Waals surface area contributed by atoms with Gasteiger partial charge in [-0.3, -0.25) is 4.79 Å². The standard InChI is InChI=1S/C25H18F2N4O5/c1-13(31-24(32)20-21(35-25(31)33)18(34-2)11-12-28-20)23-29-22(30-36-23)19(14-3-7-16(26)8-4-14)15-5-9-17(27)10-6-15/h3-13,19H,1-2H3/t13-/m0/s1. The summed E-state index contributed by atoms with van der Waals surface area (Å²) in [7, 11) is 1.38. The fourth-order valence-electron chi connectivity index (χ4n) is 3.96. The van der Waals surface area contributed by atoms with Crippen molar-refractivity contribution in [2.75, 3.05) is 7.11 Å². The highest BCUT2D eigenvalue weighted by molar-refractivity contribution is 5.77. The molecule has 0 aliphatic heterocycles. The zero-order valence-electron chi connectivity index (χ0n) is 19.0. The van der Waals surface area contributed by atoms with Crippen LogP contribution in [0.4, 0.5) is 8.78 Å². The number of ether oxygens (including phenoxy) is 1. The van der Waals surface area contributed by atoms with Crippen molar-refractivity contribution >= 4 is 11.1 Å². The monoisotopic (exact) mass is 492 g/mol. The molecule has 0 spiro atoms. The van der Waals surface area contributed by atoms with Crippen LogP contribution in [0.5, 0.6) is 5.75 Å². The summed E-state index contributed by atoms with van der Waals surface area (Å²) in [6.45, 7) is 1.52. The van der Waals surface area contributed by atoms with E-state index in [1.165, 1.54) is 50.6 Å².